The molecule has 0 radical (unpaired) electrons. The van der Waals surface area contributed by atoms with E-state index in [0.29, 0.717) is 17.7 Å². The number of nitrogens with zero attached hydrogens (tertiary/aromatic N) is 1. The Morgan fingerprint density at radius 3 is 2.28 bits per heavy atom. The molecule has 0 aliphatic heterocycles. The summed E-state index contributed by atoms with van der Waals surface area (Å²) in [6.45, 7) is 8.71. The highest BCUT2D eigenvalue weighted by Gasteiger charge is 2.30. The summed E-state index contributed by atoms with van der Waals surface area (Å²) >= 11 is 0. The van der Waals surface area contributed by atoms with Gasteiger partial charge >= 0.3 is 0 Å². The maximum absolute atomic E-state index is 13.4. The number of hydrogen-bond donors (Lipinski definition) is 2. The van der Waals surface area contributed by atoms with Crippen molar-refractivity contribution < 1.29 is 23.2 Å². The number of ketones is 1. The molecule has 0 spiro atoms. The van der Waals surface area contributed by atoms with Crippen LogP contribution in [0, 0.1) is 25.5 Å². The third-order valence-corrected chi connectivity index (χ3v) is 5.09. The lowest BCUT2D eigenvalue weighted by Crippen LogP contribution is -2.46. The molecule has 6 nitrogen and oxygen atoms in total. The van der Waals surface area contributed by atoms with E-state index >= 15 is 0 Å². The summed E-state index contributed by atoms with van der Waals surface area (Å²) in [6, 6.07) is 3.00. The van der Waals surface area contributed by atoms with Crippen molar-refractivity contribution >= 4 is 23.3 Å². The van der Waals surface area contributed by atoms with Crippen LogP contribution >= 0.6 is 0 Å². The number of hydrogen-bond acceptors (Lipinski definition) is 3. The van der Waals surface area contributed by atoms with Crippen molar-refractivity contribution in [2.24, 2.45) is 7.05 Å². The molecule has 0 aliphatic carbocycles. The number of aromatic nitrogens is 1. The van der Waals surface area contributed by atoms with E-state index in [9.17, 15) is 23.2 Å². The van der Waals surface area contributed by atoms with Gasteiger partial charge in [0.1, 0.15) is 5.69 Å². The molecule has 0 aliphatic rings. The van der Waals surface area contributed by atoms with E-state index in [0.717, 1.165) is 12.1 Å². The van der Waals surface area contributed by atoms with Gasteiger partial charge in [-0.25, -0.2) is 8.78 Å². The maximum atomic E-state index is 13.4. The van der Waals surface area contributed by atoms with Crippen LogP contribution in [0.2, 0.25) is 0 Å². The van der Waals surface area contributed by atoms with Crippen LogP contribution < -0.4 is 10.6 Å². The van der Waals surface area contributed by atoms with E-state index in [1.54, 1.807) is 20.9 Å². The monoisotopic (exact) mass is 405 g/mol. The average molecular weight is 405 g/mol. The Hall–Kier alpha value is -3.03. The van der Waals surface area contributed by atoms with Crippen molar-refractivity contribution in [3.8, 4) is 0 Å². The van der Waals surface area contributed by atoms with Gasteiger partial charge < -0.3 is 15.2 Å². The Morgan fingerprint density at radius 2 is 1.72 bits per heavy atom. The number of amides is 2. The van der Waals surface area contributed by atoms with Gasteiger partial charge in [0.15, 0.2) is 11.6 Å². The standard InChI is InChI=1S/C21H25F2N3O3/c1-7-21(4,5)25-20(29)18(27)16-11(2)17(26(6)12(16)3)19(28)24-13-8-9-14(22)15(23)10-13/h8-10H,7H2,1-6H3,(H,24,28)(H,25,29). The van der Waals surface area contributed by atoms with Crippen molar-refractivity contribution in [1.29, 1.82) is 0 Å². The molecule has 1 aromatic carbocycles. The Kier molecular flexibility index (Phi) is 6.25. The summed E-state index contributed by atoms with van der Waals surface area (Å²) in [7, 11) is 1.59. The van der Waals surface area contributed by atoms with Crippen LogP contribution in [0.15, 0.2) is 18.2 Å². The lowest BCUT2D eigenvalue weighted by atomic mass is 10.00. The smallest absolute Gasteiger partial charge is 0.292 e. The van der Waals surface area contributed by atoms with Gasteiger partial charge in [-0.1, -0.05) is 6.92 Å². The predicted octanol–water partition coefficient (Wildman–Crippen LogP) is 3.66. The number of carbonyl (C=O) groups is 3. The molecule has 2 amide bonds. The Morgan fingerprint density at radius 1 is 1.10 bits per heavy atom. The summed E-state index contributed by atoms with van der Waals surface area (Å²) in [5, 5.41) is 5.18. The lowest BCUT2D eigenvalue weighted by Gasteiger charge is -2.23. The van der Waals surface area contributed by atoms with Crippen LogP contribution in [0.4, 0.5) is 14.5 Å². The van der Waals surface area contributed by atoms with Crippen LogP contribution in [0.1, 0.15) is 59.3 Å². The first-order valence-electron chi connectivity index (χ1n) is 9.18. The average Bonchev–Trinajstić information content (AvgIpc) is 2.86. The zero-order valence-electron chi connectivity index (χ0n) is 17.4. The van der Waals surface area contributed by atoms with Crippen molar-refractivity contribution in [3.63, 3.8) is 0 Å². The number of carbonyl (C=O) groups excluding carboxylic acids is 3. The molecule has 1 heterocycles. The molecule has 8 heteroatoms. The summed E-state index contributed by atoms with van der Waals surface area (Å²) in [6.07, 6.45) is 0.640. The van der Waals surface area contributed by atoms with Gasteiger partial charge in [-0.2, -0.15) is 0 Å². The number of Topliss-reactive ketones (excluding diaryl/α,β-unsaturated/α-hetero) is 1. The second-order valence-electron chi connectivity index (χ2n) is 7.60. The molecule has 0 fully saturated rings. The van der Waals surface area contributed by atoms with Gasteiger partial charge in [0.05, 0.1) is 5.56 Å². The van der Waals surface area contributed by atoms with Gasteiger partial charge in [0.25, 0.3) is 17.6 Å². The summed E-state index contributed by atoms with van der Waals surface area (Å²) in [5.41, 5.74) is 0.607. The zero-order chi connectivity index (χ0) is 22.1. The number of anilines is 1. The van der Waals surface area contributed by atoms with E-state index in [2.05, 4.69) is 10.6 Å². The minimum atomic E-state index is -1.09. The number of benzene rings is 1. The third kappa shape index (κ3) is 4.52. The SMILES string of the molecule is CCC(C)(C)NC(=O)C(=O)c1c(C)c(C(=O)Nc2ccc(F)c(F)c2)n(C)c1C. The van der Waals surface area contributed by atoms with Crippen molar-refractivity contribution in [2.45, 2.75) is 46.6 Å². The van der Waals surface area contributed by atoms with E-state index in [-0.39, 0.29) is 16.9 Å². The van der Waals surface area contributed by atoms with Gasteiger partial charge in [-0.15, -0.1) is 0 Å². The second kappa shape index (κ2) is 8.14. The summed E-state index contributed by atoms with van der Waals surface area (Å²) in [5.74, 6) is -4.20. The van der Waals surface area contributed by atoms with Crippen LogP contribution in [0.3, 0.4) is 0 Å². The third-order valence-electron chi connectivity index (χ3n) is 5.09. The number of nitrogens with one attached hydrogen (secondary N) is 2. The van der Waals surface area contributed by atoms with Crippen LogP contribution in [-0.2, 0) is 11.8 Å². The van der Waals surface area contributed by atoms with E-state index < -0.39 is 34.8 Å². The van der Waals surface area contributed by atoms with Crippen molar-refractivity contribution in [2.75, 3.05) is 5.32 Å². The minimum Gasteiger partial charge on any atom is -0.344 e. The molecular weight excluding hydrogens is 380 g/mol. The molecule has 29 heavy (non-hydrogen) atoms. The molecule has 156 valence electrons. The fraction of sp³-hybridized carbons (Fsp3) is 0.381. The highest BCUT2D eigenvalue weighted by atomic mass is 19.2. The summed E-state index contributed by atoms with van der Waals surface area (Å²) < 4.78 is 28.0. The zero-order valence-corrected chi connectivity index (χ0v) is 17.4. The first-order chi connectivity index (χ1) is 13.4. The van der Waals surface area contributed by atoms with Crippen molar-refractivity contribution in [1.82, 2.24) is 9.88 Å². The molecular formula is C21H25F2N3O3. The molecule has 0 atom stereocenters. The number of halogens is 2. The second-order valence-corrected chi connectivity index (χ2v) is 7.60. The van der Waals surface area contributed by atoms with E-state index in [1.165, 1.54) is 10.6 Å². The van der Waals surface area contributed by atoms with Gasteiger partial charge in [-0.05, 0) is 51.8 Å². The largest absolute Gasteiger partial charge is 0.344 e. The van der Waals surface area contributed by atoms with Crippen LogP contribution in [0.25, 0.3) is 0 Å². The molecule has 0 saturated heterocycles. The first-order valence-corrected chi connectivity index (χ1v) is 9.18. The highest BCUT2D eigenvalue weighted by Crippen LogP contribution is 2.24. The first kappa shape index (κ1) is 22.3. The molecule has 0 saturated carbocycles. The molecule has 0 bridgehead atoms. The topological polar surface area (TPSA) is 80.2 Å². The van der Waals surface area contributed by atoms with E-state index in [4.69, 9.17) is 0 Å². The fourth-order valence-corrected chi connectivity index (χ4v) is 2.96. The summed E-state index contributed by atoms with van der Waals surface area (Å²) in [4.78, 5) is 37.9. The Labute approximate surface area is 168 Å². The molecule has 0 unspecified atom stereocenters. The van der Waals surface area contributed by atoms with Gasteiger partial charge in [-0.3, -0.25) is 14.4 Å². The number of rotatable bonds is 6. The van der Waals surface area contributed by atoms with Gasteiger partial charge in [0.2, 0.25) is 0 Å². The molecule has 1 aromatic heterocycles. The lowest BCUT2D eigenvalue weighted by molar-refractivity contribution is -0.118. The maximum Gasteiger partial charge on any atom is 0.292 e. The van der Waals surface area contributed by atoms with E-state index in [1.807, 2.05) is 20.8 Å². The van der Waals surface area contributed by atoms with Crippen LogP contribution in [0.5, 0.6) is 0 Å². The Bertz CT molecular complexity index is 994. The molecule has 2 aromatic rings. The fourth-order valence-electron chi connectivity index (χ4n) is 2.96. The van der Waals surface area contributed by atoms with Crippen molar-refractivity contribution in [3.05, 3.63) is 52.3 Å². The molecule has 2 N–H and O–H groups in total. The normalized spacial score (nSPS) is 11.3. The highest BCUT2D eigenvalue weighted by molar-refractivity contribution is 6.43. The molecule has 2 rings (SSSR count). The quantitative estimate of drug-likeness (QED) is 0.569. The Balaban J connectivity index is 2.36. The minimum absolute atomic E-state index is 0.0717. The predicted molar refractivity (Wildman–Crippen MR) is 106 cm³/mol. The van der Waals surface area contributed by atoms with Gasteiger partial charge in [0, 0.05) is 30.0 Å². The van der Waals surface area contributed by atoms with Crippen LogP contribution in [-0.4, -0.2) is 27.7 Å².